The van der Waals surface area contributed by atoms with Gasteiger partial charge in [0, 0.05) is 42.5 Å². The summed E-state index contributed by atoms with van der Waals surface area (Å²) in [6.07, 6.45) is 3.85. The van der Waals surface area contributed by atoms with E-state index < -0.39 is 12.0 Å². The van der Waals surface area contributed by atoms with Gasteiger partial charge < -0.3 is 25.3 Å². The van der Waals surface area contributed by atoms with Crippen LogP contribution in [0.5, 0.6) is 0 Å². The number of aromatic amines is 1. The van der Waals surface area contributed by atoms with Crippen molar-refractivity contribution in [2.45, 2.75) is 51.5 Å². The number of fused-ring (bicyclic) bond motifs is 1. The van der Waals surface area contributed by atoms with Gasteiger partial charge in [0.1, 0.15) is 11.7 Å². The molecular weight excluding hydrogens is 580 g/mol. The minimum absolute atomic E-state index is 0.00833. The molecule has 0 bridgehead atoms. The third-order valence-corrected chi connectivity index (χ3v) is 8.76. The van der Waals surface area contributed by atoms with Crippen molar-refractivity contribution in [1.29, 1.82) is 0 Å². The second-order valence-electron chi connectivity index (χ2n) is 12.0. The van der Waals surface area contributed by atoms with Gasteiger partial charge in [-0.2, -0.15) is 0 Å². The molecule has 1 heterocycles. The van der Waals surface area contributed by atoms with E-state index in [0.717, 1.165) is 47.7 Å². The molecule has 4 aromatic rings. The molecule has 9 heteroatoms. The van der Waals surface area contributed by atoms with Crippen LogP contribution in [-0.4, -0.2) is 59.8 Å². The van der Waals surface area contributed by atoms with Crippen LogP contribution in [0.3, 0.4) is 0 Å². The summed E-state index contributed by atoms with van der Waals surface area (Å²) in [6, 6.07) is 25.7. The molecule has 240 valence electrons. The highest BCUT2D eigenvalue weighted by Gasteiger charge is 2.34. The van der Waals surface area contributed by atoms with E-state index in [1.807, 2.05) is 60.7 Å². The van der Waals surface area contributed by atoms with Crippen molar-refractivity contribution in [3.8, 4) is 0 Å². The topological polar surface area (TPSA) is 121 Å². The van der Waals surface area contributed by atoms with Gasteiger partial charge in [-0.15, -0.1) is 0 Å². The maximum absolute atomic E-state index is 13.8. The summed E-state index contributed by atoms with van der Waals surface area (Å²) >= 11 is 0. The van der Waals surface area contributed by atoms with E-state index in [-0.39, 0.29) is 30.2 Å². The number of esters is 1. The molecule has 9 nitrogen and oxygen atoms in total. The Bertz CT molecular complexity index is 1640. The lowest BCUT2D eigenvalue weighted by Gasteiger charge is -2.34. The first-order valence-corrected chi connectivity index (χ1v) is 16.0. The minimum Gasteiger partial charge on any atom is -0.461 e. The smallest absolute Gasteiger partial charge is 0.354 e. The molecule has 1 atom stereocenters. The quantitative estimate of drug-likeness (QED) is 0.180. The molecule has 1 saturated carbocycles. The average Bonchev–Trinajstić information content (AvgIpc) is 3.51. The van der Waals surface area contributed by atoms with E-state index >= 15 is 0 Å². The van der Waals surface area contributed by atoms with Gasteiger partial charge in [0.2, 0.25) is 17.7 Å². The maximum atomic E-state index is 13.8. The summed E-state index contributed by atoms with van der Waals surface area (Å²) in [5, 5.41) is 6.83. The number of carbonyl (C=O) groups excluding carboxylic acids is 4. The van der Waals surface area contributed by atoms with Gasteiger partial charge in [0.15, 0.2) is 0 Å². The summed E-state index contributed by atoms with van der Waals surface area (Å²) in [5.74, 6) is -0.601. The predicted octanol–water partition coefficient (Wildman–Crippen LogP) is 5.52. The van der Waals surface area contributed by atoms with Crippen LogP contribution in [0.15, 0.2) is 84.9 Å². The zero-order valence-corrected chi connectivity index (χ0v) is 26.5. The molecule has 3 aromatic carbocycles. The molecule has 46 heavy (non-hydrogen) atoms. The van der Waals surface area contributed by atoms with Gasteiger partial charge in [-0.05, 0) is 73.9 Å². The van der Waals surface area contributed by atoms with Crippen LogP contribution in [0.2, 0.25) is 0 Å². The van der Waals surface area contributed by atoms with Gasteiger partial charge in [-0.3, -0.25) is 14.4 Å². The fraction of sp³-hybridized carbons (Fsp3) is 0.351. The fourth-order valence-electron chi connectivity index (χ4n) is 6.15. The van der Waals surface area contributed by atoms with E-state index in [2.05, 4.69) is 15.6 Å². The molecule has 1 aliphatic rings. The summed E-state index contributed by atoms with van der Waals surface area (Å²) in [6.45, 7) is 2.64. The normalized spacial score (nSPS) is 16.7. The molecule has 1 fully saturated rings. The molecule has 3 amide bonds. The van der Waals surface area contributed by atoms with Gasteiger partial charge in [0.25, 0.3) is 0 Å². The van der Waals surface area contributed by atoms with Gasteiger partial charge >= 0.3 is 5.97 Å². The van der Waals surface area contributed by atoms with Crippen molar-refractivity contribution in [3.63, 3.8) is 0 Å². The summed E-state index contributed by atoms with van der Waals surface area (Å²) in [7, 11) is 1.71. The zero-order chi connectivity index (χ0) is 32.5. The Labute approximate surface area is 269 Å². The molecule has 1 aromatic heterocycles. The molecule has 0 unspecified atom stereocenters. The number of nitrogens with one attached hydrogen (secondary N) is 3. The first-order chi connectivity index (χ1) is 22.3. The number of likely N-dealkylation sites (N-methyl/N-ethyl adjacent to an activating group) is 1. The second kappa shape index (κ2) is 15.4. The van der Waals surface area contributed by atoms with Gasteiger partial charge in [0.05, 0.1) is 13.0 Å². The molecule has 0 spiro atoms. The zero-order valence-electron chi connectivity index (χ0n) is 26.5. The maximum Gasteiger partial charge on any atom is 0.354 e. The van der Waals surface area contributed by atoms with Crippen LogP contribution in [0, 0.1) is 11.8 Å². The molecule has 1 aliphatic carbocycles. The lowest BCUT2D eigenvalue weighted by atomic mass is 9.81. The highest BCUT2D eigenvalue weighted by Crippen LogP contribution is 2.30. The monoisotopic (exact) mass is 622 g/mol. The Morgan fingerprint density at radius 3 is 2.24 bits per heavy atom. The Morgan fingerprint density at radius 1 is 0.891 bits per heavy atom. The molecule has 0 aliphatic heterocycles. The second-order valence-corrected chi connectivity index (χ2v) is 12.0. The lowest BCUT2D eigenvalue weighted by Crippen LogP contribution is -2.49. The summed E-state index contributed by atoms with van der Waals surface area (Å²) in [5.41, 5.74) is 3.61. The predicted molar refractivity (Wildman–Crippen MR) is 178 cm³/mol. The molecule has 3 N–H and O–H groups in total. The van der Waals surface area contributed by atoms with E-state index in [4.69, 9.17) is 4.74 Å². The van der Waals surface area contributed by atoms with Crippen LogP contribution in [0.1, 0.15) is 54.2 Å². The van der Waals surface area contributed by atoms with Crippen molar-refractivity contribution >= 4 is 40.3 Å². The van der Waals surface area contributed by atoms with Crippen LogP contribution in [0.25, 0.3) is 10.9 Å². The van der Waals surface area contributed by atoms with Crippen molar-refractivity contribution in [2.24, 2.45) is 11.8 Å². The van der Waals surface area contributed by atoms with Crippen molar-refractivity contribution in [1.82, 2.24) is 15.2 Å². The Hall–Kier alpha value is -4.92. The minimum atomic E-state index is -0.720. The SMILES string of the molecule is CCOC(=O)c1cc2cc(NC(=O)[C@H](Cc3ccccc3)N(C)C(=O)C3CCC(CNC(=O)Cc4ccccc4)CC3)ccc2[nH]1. The van der Waals surface area contributed by atoms with Crippen molar-refractivity contribution < 1.29 is 23.9 Å². The van der Waals surface area contributed by atoms with Crippen LogP contribution < -0.4 is 10.6 Å². The highest BCUT2D eigenvalue weighted by molar-refractivity contribution is 6.00. The molecule has 5 rings (SSSR count). The van der Waals surface area contributed by atoms with Crippen LogP contribution in [0.4, 0.5) is 5.69 Å². The number of ether oxygens (including phenoxy) is 1. The third-order valence-electron chi connectivity index (χ3n) is 8.76. The standard InChI is InChI=1S/C37H42N4O5/c1-3-46-37(45)32-23-29-22-30(18-19-31(29)40-32)39-35(43)33(20-25-10-6-4-7-11-25)41(2)36(44)28-16-14-27(15-17-28)24-38-34(42)21-26-12-8-5-9-13-26/h4-13,18-19,22-23,27-28,33,40H,3,14-17,20-21,24H2,1-2H3,(H,38,42)(H,39,43)/t27?,28?,33-/m0/s1. The van der Waals surface area contributed by atoms with E-state index in [1.165, 1.54) is 0 Å². The van der Waals surface area contributed by atoms with Crippen molar-refractivity contribution in [3.05, 3.63) is 102 Å². The number of nitrogens with zero attached hydrogens (tertiary/aromatic N) is 1. The fourth-order valence-corrected chi connectivity index (χ4v) is 6.15. The largest absolute Gasteiger partial charge is 0.461 e. The van der Waals surface area contributed by atoms with Crippen LogP contribution in [-0.2, 0) is 32.0 Å². The Kier molecular flexibility index (Phi) is 10.9. The number of rotatable bonds is 12. The summed E-state index contributed by atoms with van der Waals surface area (Å²) in [4.78, 5) is 56.8. The number of aromatic nitrogens is 1. The van der Waals surface area contributed by atoms with Crippen LogP contribution >= 0.6 is 0 Å². The molecule has 0 radical (unpaired) electrons. The van der Waals surface area contributed by atoms with Crippen molar-refractivity contribution in [2.75, 3.05) is 25.5 Å². The van der Waals surface area contributed by atoms with E-state index in [0.29, 0.717) is 36.7 Å². The number of carbonyl (C=O) groups is 4. The molecule has 0 saturated heterocycles. The van der Waals surface area contributed by atoms with Gasteiger partial charge in [-0.25, -0.2) is 4.79 Å². The number of H-pyrrole nitrogens is 1. The first kappa shape index (κ1) is 32.5. The third kappa shape index (κ3) is 8.41. The average molecular weight is 623 g/mol. The number of amides is 3. The molecular formula is C37H42N4O5. The van der Waals surface area contributed by atoms with E-state index in [9.17, 15) is 19.2 Å². The number of hydrogen-bond acceptors (Lipinski definition) is 5. The number of hydrogen-bond donors (Lipinski definition) is 3. The summed E-state index contributed by atoms with van der Waals surface area (Å²) < 4.78 is 5.09. The Balaban J connectivity index is 1.20. The first-order valence-electron chi connectivity index (χ1n) is 16.0. The van der Waals surface area contributed by atoms with E-state index in [1.54, 1.807) is 43.1 Å². The number of benzene rings is 3. The highest BCUT2D eigenvalue weighted by atomic mass is 16.5. The number of anilines is 1. The van der Waals surface area contributed by atoms with Gasteiger partial charge in [-0.1, -0.05) is 60.7 Å². The lowest BCUT2D eigenvalue weighted by molar-refractivity contribution is -0.141. The Morgan fingerprint density at radius 2 is 1.57 bits per heavy atom.